The van der Waals surface area contributed by atoms with Crippen LogP contribution in [-0.4, -0.2) is 19.0 Å². The topological polar surface area (TPSA) is 58.5 Å². The Morgan fingerprint density at radius 3 is 2.50 bits per heavy atom. The van der Waals surface area contributed by atoms with Crippen molar-refractivity contribution >= 4 is 27.3 Å². The molecule has 1 saturated carbocycles. The van der Waals surface area contributed by atoms with Gasteiger partial charge in [-0.2, -0.15) is 13.5 Å². The number of alkyl halides is 1. The second-order valence-corrected chi connectivity index (χ2v) is 7.87. The van der Waals surface area contributed by atoms with E-state index in [9.17, 15) is 8.42 Å². The maximum atomic E-state index is 12.1. The number of rotatable bonds is 3. The molecule has 2 rings (SSSR count). The summed E-state index contributed by atoms with van der Waals surface area (Å²) in [4.78, 5) is 1.96. The molecule has 1 aromatic carbocycles. The van der Waals surface area contributed by atoms with Crippen LogP contribution in [0.3, 0.4) is 0 Å². The predicted molar refractivity (Wildman–Crippen MR) is 81.7 cm³/mol. The second-order valence-electron chi connectivity index (χ2n) is 5.37. The van der Waals surface area contributed by atoms with E-state index in [1.807, 2.05) is 13.8 Å². The van der Waals surface area contributed by atoms with Crippen LogP contribution in [0, 0.1) is 6.92 Å². The minimum absolute atomic E-state index is 0.208. The molecule has 0 aliphatic heterocycles. The van der Waals surface area contributed by atoms with Crippen LogP contribution in [0.2, 0.25) is 0 Å². The minimum atomic E-state index is -3.62. The number of benzene rings is 1. The first-order chi connectivity index (χ1) is 9.31. The summed E-state index contributed by atoms with van der Waals surface area (Å²) in [6, 6.07) is 6.65. The van der Waals surface area contributed by atoms with Crippen molar-refractivity contribution in [2.24, 2.45) is 5.10 Å². The highest BCUT2D eigenvalue weighted by molar-refractivity contribution is 7.89. The van der Waals surface area contributed by atoms with E-state index in [2.05, 4.69) is 9.93 Å². The van der Waals surface area contributed by atoms with Crippen molar-refractivity contribution in [2.45, 2.75) is 49.3 Å². The molecule has 110 valence electrons. The number of hydrogen-bond donors (Lipinski definition) is 1. The zero-order valence-electron chi connectivity index (χ0n) is 11.7. The summed E-state index contributed by atoms with van der Waals surface area (Å²) in [5, 5.41) is 4.05. The molecule has 0 aromatic heterocycles. The quantitative estimate of drug-likeness (QED) is 0.688. The molecule has 1 aliphatic rings. The molecule has 0 heterocycles. The van der Waals surface area contributed by atoms with E-state index in [4.69, 9.17) is 11.6 Å². The lowest BCUT2D eigenvalue weighted by atomic mass is 9.88. The first-order valence-corrected chi connectivity index (χ1v) is 8.52. The smallest absolute Gasteiger partial charge is 0.200 e. The molecule has 6 heteroatoms. The van der Waals surface area contributed by atoms with Crippen LogP contribution >= 0.6 is 11.6 Å². The van der Waals surface area contributed by atoms with Gasteiger partial charge in [-0.15, -0.1) is 11.6 Å². The van der Waals surface area contributed by atoms with E-state index in [0.29, 0.717) is 5.71 Å². The van der Waals surface area contributed by atoms with Gasteiger partial charge in [-0.05, 0) is 45.2 Å². The lowest BCUT2D eigenvalue weighted by Crippen LogP contribution is -2.34. The summed E-state index contributed by atoms with van der Waals surface area (Å²) < 4.78 is 24.3. The predicted octanol–water partition coefficient (Wildman–Crippen LogP) is 3.20. The zero-order valence-corrected chi connectivity index (χ0v) is 13.3. The van der Waals surface area contributed by atoms with Crippen molar-refractivity contribution < 1.29 is 8.42 Å². The van der Waals surface area contributed by atoms with Crippen LogP contribution in [0.15, 0.2) is 34.3 Å². The molecule has 0 amide bonds. The van der Waals surface area contributed by atoms with E-state index in [1.165, 1.54) is 0 Å². The van der Waals surface area contributed by atoms with Crippen LogP contribution in [0.25, 0.3) is 0 Å². The maximum absolute atomic E-state index is 12.1. The molecule has 0 radical (unpaired) electrons. The van der Waals surface area contributed by atoms with Crippen LogP contribution in [0.4, 0.5) is 0 Å². The third-order valence-electron chi connectivity index (χ3n) is 3.54. The van der Waals surface area contributed by atoms with Gasteiger partial charge < -0.3 is 0 Å². The van der Waals surface area contributed by atoms with Crippen molar-refractivity contribution in [1.82, 2.24) is 4.83 Å². The summed E-state index contributed by atoms with van der Waals surface area (Å²) in [6.07, 6.45) is 3.59. The van der Waals surface area contributed by atoms with Gasteiger partial charge in [0, 0.05) is 0 Å². The molecule has 1 unspecified atom stereocenters. The van der Waals surface area contributed by atoms with Gasteiger partial charge in [0.05, 0.1) is 15.5 Å². The Morgan fingerprint density at radius 1 is 1.25 bits per heavy atom. The monoisotopic (exact) mass is 314 g/mol. The van der Waals surface area contributed by atoms with Crippen molar-refractivity contribution in [3.8, 4) is 0 Å². The fraction of sp³-hybridized carbons (Fsp3) is 0.500. The molecule has 1 aliphatic carbocycles. The average Bonchev–Trinajstić information content (AvgIpc) is 2.37. The third kappa shape index (κ3) is 3.52. The standard InChI is InChI=1S/C14H19ClN2O2S/c1-11-6-8-12(9-7-11)20(18,19)17-16-13-5-3-4-10-14(13,2)15/h6-9,17H,3-5,10H2,1-2H3/b16-13+. The van der Waals surface area contributed by atoms with Gasteiger partial charge in [0.25, 0.3) is 10.0 Å². The number of hydrazone groups is 1. The summed E-state index contributed by atoms with van der Waals surface area (Å²) in [6.45, 7) is 3.79. The zero-order chi connectivity index (χ0) is 14.8. The second kappa shape index (κ2) is 5.74. The highest BCUT2D eigenvalue weighted by Gasteiger charge is 2.31. The maximum Gasteiger partial charge on any atom is 0.276 e. The van der Waals surface area contributed by atoms with E-state index in [-0.39, 0.29) is 4.90 Å². The largest absolute Gasteiger partial charge is 0.276 e. The highest BCUT2D eigenvalue weighted by Crippen LogP contribution is 2.31. The molecule has 0 spiro atoms. The first kappa shape index (κ1) is 15.3. The average molecular weight is 315 g/mol. The molecular formula is C14H19ClN2O2S. The summed E-state index contributed by atoms with van der Waals surface area (Å²) in [7, 11) is -3.62. The van der Waals surface area contributed by atoms with Gasteiger partial charge in [-0.1, -0.05) is 24.1 Å². The van der Waals surface area contributed by atoms with Gasteiger partial charge in [0.2, 0.25) is 0 Å². The molecule has 1 aromatic rings. The molecule has 0 saturated heterocycles. The van der Waals surface area contributed by atoms with Crippen molar-refractivity contribution in [3.63, 3.8) is 0 Å². The van der Waals surface area contributed by atoms with Gasteiger partial charge in [-0.3, -0.25) is 0 Å². The van der Waals surface area contributed by atoms with Gasteiger partial charge >= 0.3 is 0 Å². The fourth-order valence-corrected chi connectivity index (χ4v) is 3.31. The Labute approximate surface area is 125 Å². The van der Waals surface area contributed by atoms with Crippen LogP contribution < -0.4 is 4.83 Å². The third-order valence-corrected chi connectivity index (χ3v) is 5.18. The van der Waals surface area contributed by atoms with Crippen LogP contribution in [0.5, 0.6) is 0 Å². The number of aryl methyl sites for hydroxylation is 1. The molecule has 1 N–H and O–H groups in total. The summed E-state index contributed by atoms with van der Waals surface area (Å²) in [5.41, 5.74) is 1.72. The van der Waals surface area contributed by atoms with Gasteiger partial charge in [0.1, 0.15) is 0 Å². The summed E-state index contributed by atoms with van der Waals surface area (Å²) in [5.74, 6) is 0. The fourth-order valence-electron chi connectivity index (χ4n) is 2.21. The Balaban J connectivity index is 2.18. The number of hydrogen-bond acceptors (Lipinski definition) is 3. The van der Waals surface area contributed by atoms with Crippen molar-refractivity contribution in [1.29, 1.82) is 0 Å². The van der Waals surface area contributed by atoms with Crippen LogP contribution in [-0.2, 0) is 10.0 Å². The van der Waals surface area contributed by atoms with E-state index in [1.54, 1.807) is 24.3 Å². The molecular weight excluding hydrogens is 296 g/mol. The molecule has 1 fully saturated rings. The van der Waals surface area contributed by atoms with Crippen molar-refractivity contribution in [2.75, 3.05) is 0 Å². The number of nitrogens with zero attached hydrogens (tertiary/aromatic N) is 1. The lowest BCUT2D eigenvalue weighted by molar-refractivity contribution is 0.570. The van der Waals surface area contributed by atoms with E-state index in [0.717, 1.165) is 31.2 Å². The first-order valence-electron chi connectivity index (χ1n) is 6.66. The van der Waals surface area contributed by atoms with Crippen LogP contribution in [0.1, 0.15) is 38.2 Å². The number of nitrogens with one attached hydrogen (secondary N) is 1. The Hall–Kier alpha value is -1.07. The molecule has 20 heavy (non-hydrogen) atoms. The lowest BCUT2D eigenvalue weighted by Gasteiger charge is -2.28. The summed E-state index contributed by atoms with van der Waals surface area (Å²) >= 11 is 6.37. The molecule has 0 bridgehead atoms. The van der Waals surface area contributed by atoms with E-state index >= 15 is 0 Å². The van der Waals surface area contributed by atoms with E-state index < -0.39 is 14.9 Å². The molecule has 1 atom stereocenters. The van der Waals surface area contributed by atoms with Gasteiger partial charge in [0.15, 0.2) is 0 Å². The molecule has 4 nitrogen and oxygen atoms in total. The minimum Gasteiger partial charge on any atom is -0.200 e. The normalized spacial score (nSPS) is 25.6. The van der Waals surface area contributed by atoms with Gasteiger partial charge in [-0.25, -0.2) is 4.83 Å². The Kier molecular flexibility index (Phi) is 4.39. The number of halogens is 1. The SMILES string of the molecule is Cc1ccc(S(=O)(=O)N/N=C2\CCCCC2(C)Cl)cc1. The Bertz CT molecular complexity index is 607. The van der Waals surface area contributed by atoms with Crippen molar-refractivity contribution in [3.05, 3.63) is 29.8 Å². The number of sulfonamides is 1. The Morgan fingerprint density at radius 2 is 1.90 bits per heavy atom. The highest BCUT2D eigenvalue weighted by atomic mass is 35.5.